The van der Waals surface area contributed by atoms with Gasteiger partial charge < -0.3 is 19.3 Å². The maximum atomic E-state index is 13.6. The number of nitrogens with zero attached hydrogens (tertiary/aromatic N) is 2. The van der Waals surface area contributed by atoms with Gasteiger partial charge in [-0.2, -0.15) is 18.3 Å². The molecule has 2 aromatic carbocycles. The molecular weight excluding hydrogens is 463 g/mol. The number of aliphatic hydroxyl groups excluding tert-OH is 1. The number of halogens is 5. The second-order valence-corrected chi connectivity index (χ2v) is 8.16. The summed E-state index contributed by atoms with van der Waals surface area (Å²) >= 11 is 0. The first kappa shape index (κ1) is 22.5. The molecule has 5 rings (SSSR count). The van der Waals surface area contributed by atoms with Gasteiger partial charge >= 0.3 is 12.5 Å². The van der Waals surface area contributed by atoms with Gasteiger partial charge in [0.05, 0.1) is 17.5 Å². The SMILES string of the molecule is C[C@H](Oc1cccc(-n2nc(C(F)(F)F)c3c2C(O)CCC3)c1)c1ccc2c(c1)OC(F)(F)O2. The number of alkyl halides is 5. The van der Waals surface area contributed by atoms with Gasteiger partial charge in [-0.15, -0.1) is 8.78 Å². The second kappa shape index (κ2) is 7.86. The van der Waals surface area contributed by atoms with Crippen molar-refractivity contribution < 1.29 is 41.3 Å². The van der Waals surface area contributed by atoms with Crippen molar-refractivity contribution in [1.82, 2.24) is 9.78 Å². The molecular formula is C23H19F5N2O4. The van der Waals surface area contributed by atoms with Crippen molar-refractivity contribution in [2.45, 2.75) is 50.9 Å². The van der Waals surface area contributed by atoms with Gasteiger partial charge in [0.2, 0.25) is 0 Å². The fourth-order valence-electron chi connectivity index (χ4n) is 4.26. The van der Waals surface area contributed by atoms with Crippen molar-refractivity contribution in [2.24, 2.45) is 0 Å². The van der Waals surface area contributed by atoms with Crippen LogP contribution < -0.4 is 14.2 Å². The third-order valence-corrected chi connectivity index (χ3v) is 5.78. The molecule has 2 heterocycles. The van der Waals surface area contributed by atoms with Crippen molar-refractivity contribution in [3.8, 4) is 22.9 Å². The zero-order chi connectivity index (χ0) is 24.3. The van der Waals surface area contributed by atoms with Crippen LogP contribution in [0.15, 0.2) is 42.5 Å². The van der Waals surface area contributed by atoms with E-state index in [-0.39, 0.29) is 29.2 Å². The summed E-state index contributed by atoms with van der Waals surface area (Å²) in [5, 5.41) is 14.2. The van der Waals surface area contributed by atoms with Crippen LogP contribution in [0.5, 0.6) is 17.2 Å². The van der Waals surface area contributed by atoms with Gasteiger partial charge in [0.1, 0.15) is 11.9 Å². The minimum atomic E-state index is -4.65. The number of hydrogen-bond acceptors (Lipinski definition) is 5. The topological polar surface area (TPSA) is 65.7 Å². The van der Waals surface area contributed by atoms with Crippen molar-refractivity contribution in [3.63, 3.8) is 0 Å². The van der Waals surface area contributed by atoms with E-state index in [2.05, 4.69) is 14.6 Å². The van der Waals surface area contributed by atoms with E-state index in [0.717, 1.165) is 4.68 Å². The highest BCUT2D eigenvalue weighted by Gasteiger charge is 2.44. The summed E-state index contributed by atoms with van der Waals surface area (Å²) in [7, 11) is 0. The van der Waals surface area contributed by atoms with Gasteiger partial charge in [0.15, 0.2) is 17.2 Å². The highest BCUT2D eigenvalue weighted by atomic mass is 19.4. The maximum Gasteiger partial charge on any atom is 0.586 e. The molecule has 0 saturated heterocycles. The Labute approximate surface area is 190 Å². The van der Waals surface area contributed by atoms with E-state index in [1.807, 2.05) is 0 Å². The van der Waals surface area contributed by atoms with Gasteiger partial charge in [-0.3, -0.25) is 0 Å². The van der Waals surface area contributed by atoms with Crippen LogP contribution in [0.25, 0.3) is 5.69 Å². The zero-order valence-electron chi connectivity index (χ0n) is 17.8. The molecule has 1 aliphatic heterocycles. The Hall–Kier alpha value is -3.34. The van der Waals surface area contributed by atoms with E-state index in [1.54, 1.807) is 31.2 Å². The van der Waals surface area contributed by atoms with Crippen LogP contribution in [0.4, 0.5) is 22.0 Å². The second-order valence-electron chi connectivity index (χ2n) is 8.16. The Kier molecular flexibility index (Phi) is 5.19. The first-order chi connectivity index (χ1) is 16.0. The van der Waals surface area contributed by atoms with Crippen LogP contribution in [0.1, 0.15) is 54.5 Å². The third-order valence-electron chi connectivity index (χ3n) is 5.78. The van der Waals surface area contributed by atoms with Crippen LogP contribution in [0.2, 0.25) is 0 Å². The average molecular weight is 482 g/mol. The molecule has 0 bridgehead atoms. The van der Waals surface area contributed by atoms with Gasteiger partial charge in [-0.1, -0.05) is 12.1 Å². The minimum Gasteiger partial charge on any atom is -0.486 e. The Morgan fingerprint density at radius 1 is 1.15 bits per heavy atom. The molecule has 1 aromatic heterocycles. The van der Waals surface area contributed by atoms with Crippen molar-refractivity contribution in [3.05, 3.63) is 65.0 Å². The average Bonchev–Trinajstić information content (AvgIpc) is 3.30. The molecule has 0 spiro atoms. The Morgan fingerprint density at radius 3 is 2.68 bits per heavy atom. The zero-order valence-corrected chi connectivity index (χ0v) is 17.8. The predicted octanol–water partition coefficient (Wildman–Crippen LogP) is 5.72. The summed E-state index contributed by atoms with van der Waals surface area (Å²) < 4.78 is 83.1. The van der Waals surface area contributed by atoms with E-state index >= 15 is 0 Å². The molecule has 0 saturated carbocycles. The molecule has 6 nitrogen and oxygen atoms in total. The highest BCUT2D eigenvalue weighted by molar-refractivity contribution is 5.47. The number of aromatic nitrogens is 2. The van der Waals surface area contributed by atoms with Crippen molar-refractivity contribution >= 4 is 0 Å². The quantitative estimate of drug-likeness (QED) is 0.482. The summed E-state index contributed by atoms with van der Waals surface area (Å²) in [5.41, 5.74) is -0.0545. The van der Waals surface area contributed by atoms with Gasteiger partial charge in [-0.05, 0) is 56.0 Å². The number of ether oxygens (including phenoxy) is 3. The Bertz CT molecular complexity index is 1240. The van der Waals surface area contributed by atoms with E-state index in [9.17, 15) is 27.1 Å². The molecule has 2 aliphatic rings. The van der Waals surface area contributed by atoms with Crippen molar-refractivity contribution in [1.29, 1.82) is 0 Å². The molecule has 2 atom stereocenters. The Balaban J connectivity index is 1.44. The van der Waals surface area contributed by atoms with Crippen LogP contribution in [-0.4, -0.2) is 21.2 Å². The Morgan fingerprint density at radius 2 is 1.91 bits per heavy atom. The van der Waals surface area contributed by atoms with E-state index < -0.39 is 30.4 Å². The van der Waals surface area contributed by atoms with Gasteiger partial charge in [0, 0.05) is 11.6 Å². The smallest absolute Gasteiger partial charge is 0.486 e. The van der Waals surface area contributed by atoms with Gasteiger partial charge in [0.25, 0.3) is 0 Å². The number of fused-ring (bicyclic) bond motifs is 2. The lowest BCUT2D eigenvalue weighted by Crippen LogP contribution is -2.25. The van der Waals surface area contributed by atoms with Crippen LogP contribution in [0, 0.1) is 0 Å². The van der Waals surface area contributed by atoms with Gasteiger partial charge in [-0.25, -0.2) is 4.68 Å². The third kappa shape index (κ3) is 4.04. The normalized spacial score (nSPS) is 19.6. The van der Waals surface area contributed by atoms with Crippen molar-refractivity contribution in [2.75, 3.05) is 0 Å². The molecule has 0 fully saturated rings. The number of hydrogen-bond donors (Lipinski definition) is 1. The summed E-state index contributed by atoms with van der Waals surface area (Å²) in [5.74, 6) is 0.102. The fourth-order valence-corrected chi connectivity index (χ4v) is 4.26. The molecule has 0 radical (unpaired) electrons. The standard InChI is InChI=1S/C23H19F5N2O4/c1-12(13-8-9-18-19(10-13)34-23(27,28)33-18)32-15-5-2-4-14(11-15)30-20-16(6-3-7-17(20)31)21(29-30)22(24,25)26/h2,4-5,8-12,17,31H,3,6-7H2,1H3/t12-,17?/m0/s1. The lowest BCUT2D eigenvalue weighted by molar-refractivity contribution is -0.286. The first-order valence-electron chi connectivity index (χ1n) is 10.6. The lowest BCUT2D eigenvalue weighted by atomic mass is 9.93. The predicted molar refractivity (Wildman–Crippen MR) is 108 cm³/mol. The van der Waals surface area contributed by atoms with Crippen LogP contribution >= 0.6 is 0 Å². The number of benzene rings is 2. The molecule has 34 heavy (non-hydrogen) atoms. The summed E-state index contributed by atoms with van der Waals surface area (Å²) in [6, 6.07) is 10.5. The molecule has 180 valence electrons. The minimum absolute atomic E-state index is 0.00287. The monoisotopic (exact) mass is 482 g/mol. The maximum absolute atomic E-state index is 13.6. The number of rotatable bonds is 4. The van der Waals surface area contributed by atoms with Crippen LogP contribution in [-0.2, 0) is 12.6 Å². The molecule has 1 aliphatic carbocycles. The summed E-state index contributed by atoms with van der Waals surface area (Å²) in [6.07, 6.45) is -9.11. The fraction of sp³-hybridized carbons (Fsp3) is 0.348. The lowest BCUT2D eigenvalue weighted by Gasteiger charge is -2.21. The van der Waals surface area contributed by atoms with E-state index in [0.29, 0.717) is 29.8 Å². The molecule has 11 heteroatoms. The number of aliphatic hydroxyl groups is 1. The largest absolute Gasteiger partial charge is 0.586 e. The summed E-state index contributed by atoms with van der Waals surface area (Å²) in [4.78, 5) is 0. The molecule has 1 unspecified atom stereocenters. The van der Waals surface area contributed by atoms with Crippen LogP contribution in [0.3, 0.4) is 0 Å². The van der Waals surface area contributed by atoms with E-state index in [1.165, 1.54) is 18.2 Å². The molecule has 3 aromatic rings. The summed E-state index contributed by atoms with van der Waals surface area (Å²) in [6.45, 7) is 1.68. The highest BCUT2D eigenvalue weighted by Crippen LogP contribution is 2.43. The van der Waals surface area contributed by atoms with E-state index in [4.69, 9.17) is 4.74 Å². The molecule has 0 amide bonds. The molecule has 1 N–H and O–H groups in total. The first-order valence-corrected chi connectivity index (χ1v) is 10.6.